The van der Waals surface area contributed by atoms with Crippen LogP contribution in [-0.4, -0.2) is 25.9 Å². The van der Waals surface area contributed by atoms with E-state index in [2.05, 4.69) is 10.3 Å². The lowest BCUT2D eigenvalue weighted by Gasteiger charge is -2.09. The topological polar surface area (TPSA) is 67.5 Å². The molecule has 1 N–H and O–H groups in total. The van der Waals surface area contributed by atoms with Crippen LogP contribution in [0.1, 0.15) is 10.4 Å². The molecule has 0 bridgehead atoms. The number of carboxylic acids is 1. The third kappa shape index (κ3) is 1.84. The Morgan fingerprint density at radius 1 is 1.26 bits per heavy atom. The van der Waals surface area contributed by atoms with Crippen LogP contribution in [0.4, 0.5) is 0 Å². The van der Waals surface area contributed by atoms with Gasteiger partial charge in [-0.1, -0.05) is 47.1 Å². The van der Waals surface area contributed by atoms with Crippen LogP contribution in [-0.2, 0) is 0 Å². The number of aromatic carboxylic acids is 1. The third-order valence-corrected chi connectivity index (χ3v) is 3.11. The fourth-order valence-electron chi connectivity index (χ4n) is 1.98. The number of hydrogen-bond donors (Lipinski definition) is 1. The maximum absolute atomic E-state index is 11.4. The summed E-state index contributed by atoms with van der Waals surface area (Å²) in [6.45, 7) is 0. The summed E-state index contributed by atoms with van der Waals surface area (Å²) in [5.74, 6) is -1.06. The Balaban J connectivity index is 2.44. The van der Waals surface area contributed by atoms with Crippen molar-refractivity contribution in [2.75, 3.05) is 0 Å². The molecular weight excluding hydrogens is 266 g/mol. The first kappa shape index (κ1) is 11.7. The number of carbonyl (C=O) groups is 1. The predicted molar refractivity (Wildman–Crippen MR) is 70.4 cm³/mol. The molecule has 0 fully saturated rings. The molecule has 0 radical (unpaired) electrons. The molecule has 0 aliphatic rings. The first-order chi connectivity index (χ1) is 9.18. The summed E-state index contributed by atoms with van der Waals surface area (Å²) in [6, 6.07) is 10.6. The summed E-state index contributed by atoms with van der Waals surface area (Å²) in [4.78, 5) is 11.4. The molecule has 2 aromatic heterocycles. The lowest BCUT2D eigenvalue weighted by molar-refractivity contribution is 0.0697. The zero-order chi connectivity index (χ0) is 13.4. The zero-order valence-electron chi connectivity index (χ0n) is 9.62. The second-order valence-electron chi connectivity index (χ2n) is 3.96. The molecule has 0 unspecified atom stereocenters. The number of benzene rings is 1. The van der Waals surface area contributed by atoms with E-state index in [-0.39, 0.29) is 5.56 Å². The van der Waals surface area contributed by atoms with Crippen molar-refractivity contribution in [2.45, 2.75) is 0 Å². The van der Waals surface area contributed by atoms with Crippen LogP contribution in [0, 0.1) is 0 Å². The molecule has 3 aromatic rings. The maximum Gasteiger partial charge on any atom is 0.337 e. The van der Waals surface area contributed by atoms with Crippen LogP contribution in [0.5, 0.6) is 0 Å². The van der Waals surface area contributed by atoms with Gasteiger partial charge in [0, 0.05) is 5.56 Å². The Morgan fingerprint density at radius 2 is 2.00 bits per heavy atom. The van der Waals surface area contributed by atoms with Crippen molar-refractivity contribution in [1.29, 1.82) is 0 Å². The summed E-state index contributed by atoms with van der Waals surface area (Å²) in [5, 5.41) is 17.3. The van der Waals surface area contributed by atoms with Gasteiger partial charge in [0.1, 0.15) is 5.52 Å². The Bertz CT molecular complexity index is 768. The van der Waals surface area contributed by atoms with E-state index in [1.165, 1.54) is 16.8 Å². The molecule has 0 spiro atoms. The van der Waals surface area contributed by atoms with Crippen molar-refractivity contribution >= 4 is 23.1 Å². The van der Waals surface area contributed by atoms with Gasteiger partial charge in [-0.2, -0.15) is 0 Å². The van der Waals surface area contributed by atoms with Gasteiger partial charge in [0.25, 0.3) is 0 Å². The maximum atomic E-state index is 11.4. The molecule has 94 valence electrons. The van der Waals surface area contributed by atoms with Crippen molar-refractivity contribution in [2.24, 2.45) is 0 Å². The average Bonchev–Trinajstić information content (AvgIpc) is 2.89. The van der Waals surface area contributed by atoms with Crippen molar-refractivity contribution in [3.05, 3.63) is 53.2 Å². The van der Waals surface area contributed by atoms with E-state index in [0.717, 1.165) is 5.56 Å². The lowest BCUT2D eigenvalue weighted by atomic mass is 10.1. The number of pyridine rings is 1. The van der Waals surface area contributed by atoms with Gasteiger partial charge in [0.15, 0.2) is 0 Å². The van der Waals surface area contributed by atoms with Crippen molar-refractivity contribution in [1.82, 2.24) is 14.8 Å². The Hall–Kier alpha value is -2.40. The standard InChI is InChI=1S/C13H8ClN3O2/c14-10-6-9(13(18)19)12(8-4-2-1-3-5-8)17-11(10)7-15-16-17/h1-7H,(H,18,19). The molecule has 3 rings (SSSR count). The number of nitrogens with zero attached hydrogens (tertiary/aromatic N) is 3. The molecule has 19 heavy (non-hydrogen) atoms. The first-order valence-electron chi connectivity index (χ1n) is 5.50. The Kier molecular flexibility index (Phi) is 2.68. The largest absolute Gasteiger partial charge is 0.478 e. The highest BCUT2D eigenvalue weighted by atomic mass is 35.5. The number of aromatic nitrogens is 3. The fourth-order valence-corrected chi connectivity index (χ4v) is 2.22. The van der Waals surface area contributed by atoms with E-state index in [9.17, 15) is 9.90 Å². The summed E-state index contributed by atoms with van der Waals surface area (Å²) in [7, 11) is 0. The van der Waals surface area contributed by atoms with E-state index in [1.54, 1.807) is 0 Å². The van der Waals surface area contributed by atoms with Crippen LogP contribution >= 0.6 is 11.6 Å². The summed E-state index contributed by atoms with van der Waals surface area (Å²) in [6.07, 6.45) is 1.50. The van der Waals surface area contributed by atoms with Crippen LogP contribution in [0.3, 0.4) is 0 Å². The lowest BCUT2D eigenvalue weighted by Crippen LogP contribution is -2.06. The SMILES string of the molecule is O=C(O)c1cc(Cl)c2cnnn2c1-c1ccccc1. The first-order valence-corrected chi connectivity index (χ1v) is 5.88. The second-order valence-corrected chi connectivity index (χ2v) is 4.36. The quantitative estimate of drug-likeness (QED) is 0.779. The van der Waals surface area contributed by atoms with E-state index in [0.29, 0.717) is 16.2 Å². The zero-order valence-corrected chi connectivity index (χ0v) is 10.4. The van der Waals surface area contributed by atoms with Crippen LogP contribution in [0.25, 0.3) is 16.8 Å². The van der Waals surface area contributed by atoms with Gasteiger partial charge in [-0.25, -0.2) is 9.31 Å². The molecule has 0 amide bonds. The number of fused-ring (bicyclic) bond motifs is 1. The minimum Gasteiger partial charge on any atom is -0.478 e. The van der Waals surface area contributed by atoms with Gasteiger partial charge in [0.05, 0.1) is 22.5 Å². The predicted octanol–water partition coefficient (Wildman–Crippen LogP) is 2.75. The van der Waals surface area contributed by atoms with Crippen LogP contribution in [0.2, 0.25) is 5.02 Å². The molecule has 1 aromatic carbocycles. The van der Waals surface area contributed by atoms with Gasteiger partial charge in [0.2, 0.25) is 0 Å². The normalized spacial score (nSPS) is 10.8. The average molecular weight is 274 g/mol. The van der Waals surface area contributed by atoms with E-state index < -0.39 is 5.97 Å². The highest BCUT2D eigenvalue weighted by Crippen LogP contribution is 2.29. The minimum absolute atomic E-state index is 0.0919. The van der Waals surface area contributed by atoms with E-state index in [1.807, 2.05) is 30.3 Å². The van der Waals surface area contributed by atoms with Gasteiger partial charge in [-0.3, -0.25) is 0 Å². The molecule has 0 aliphatic heterocycles. The van der Waals surface area contributed by atoms with E-state index >= 15 is 0 Å². The van der Waals surface area contributed by atoms with E-state index in [4.69, 9.17) is 11.6 Å². The molecule has 6 heteroatoms. The van der Waals surface area contributed by atoms with Gasteiger partial charge < -0.3 is 5.11 Å². The summed E-state index contributed by atoms with van der Waals surface area (Å²) in [5.41, 5.74) is 1.87. The van der Waals surface area contributed by atoms with Crippen molar-refractivity contribution < 1.29 is 9.90 Å². The Labute approximate surface area is 113 Å². The smallest absolute Gasteiger partial charge is 0.337 e. The number of hydrogen-bond acceptors (Lipinski definition) is 3. The number of halogens is 1. The molecule has 2 heterocycles. The molecular formula is C13H8ClN3O2. The molecule has 0 saturated heterocycles. The second kappa shape index (κ2) is 4.37. The van der Waals surface area contributed by atoms with Crippen molar-refractivity contribution in [3.8, 4) is 11.3 Å². The van der Waals surface area contributed by atoms with Gasteiger partial charge in [-0.15, -0.1) is 5.10 Å². The third-order valence-electron chi connectivity index (χ3n) is 2.81. The highest BCUT2D eigenvalue weighted by Gasteiger charge is 2.18. The fraction of sp³-hybridized carbons (Fsp3) is 0. The van der Waals surface area contributed by atoms with Crippen LogP contribution < -0.4 is 0 Å². The van der Waals surface area contributed by atoms with Gasteiger partial charge in [-0.05, 0) is 6.07 Å². The molecule has 0 atom stereocenters. The summed E-state index contributed by atoms with van der Waals surface area (Å²) < 4.78 is 1.45. The highest BCUT2D eigenvalue weighted by molar-refractivity contribution is 6.34. The van der Waals surface area contributed by atoms with Crippen LogP contribution in [0.15, 0.2) is 42.6 Å². The minimum atomic E-state index is -1.06. The number of carboxylic acid groups (broad SMARTS) is 1. The van der Waals surface area contributed by atoms with Crippen molar-refractivity contribution in [3.63, 3.8) is 0 Å². The molecule has 0 aliphatic carbocycles. The van der Waals surface area contributed by atoms with Gasteiger partial charge >= 0.3 is 5.97 Å². The Morgan fingerprint density at radius 3 is 2.68 bits per heavy atom. The molecule has 5 nitrogen and oxygen atoms in total. The molecule has 0 saturated carbocycles. The number of rotatable bonds is 2. The monoisotopic (exact) mass is 273 g/mol. The summed E-state index contributed by atoms with van der Waals surface area (Å²) >= 11 is 6.04.